The van der Waals surface area contributed by atoms with Crippen LogP contribution in [0.5, 0.6) is 5.75 Å². The number of anilines is 1. The molecule has 1 unspecified atom stereocenters. The van der Waals surface area contributed by atoms with Gasteiger partial charge in [0.1, 0.15) is 5.76 Å². The van der Waals surface area contributed by atoms with Gasteiger partial charge >= 0.3 is 11.8 Å². The van der Waals surface area contributed by atoms with Crippen molar-refractivity contribution in [1.82, 2.24) is 10.4 Å². The Kier molecular flexibility index (Phi) is 8.88. The summed E-state index contributed by atoms with van der Waals surface area (Å²) in [4.78, 5) is 25.1. The topological polar surface area (TPSA) is 131 Å². The number of hydrogen-bond donors (Lipinski definition) is 5. The van der Waals surface area contributed by atoms with E-state index in [1.807, 2.05) is 30.3 Å². The van der Waals surface area contributed by atoms with Crippen molar-refractivity contribution in [3.8, 4) is 5.75 Å². The van der Waals surface area contributed by atoms with Crippen molar-refractivity contribution < 1.29 is 29.7 Å². The number of benzene rings is 2. The standard InChI is InChI=1S/C27H27Cl2N3O6/c28-22-14-19(30-25(34)26(35)31-37)15-23(29)24(22)38-21-7-6-20(33)12-17(13-21)16-32-10-8-27(36,9-11-32)18-4-2-1-3-5-18/h1-7,12-15,20,33,36-37H,8-11,16H2,(H,30,34)(H,31,35). The highest BCUT2D eigenvalue weighted by Gasteiger charge is 2.34. The number of carbonyl (C=O) groups is 2. The van der Waals surface area contributed by atoms with Crippen molar-refractivity contribution in [3.05, 3.63) is 93.7 Å². The van der Waals surface area contributed by atoms with E-state index < -0.39 is 23.5 Å². The second-order valence-electron chi connectivity index (χ2n) is 9.08. The first-order valence-electron chi connectivity index (χ1n) is 11.9. The van der Waals surface area contributed by atoms with Crippen molar-refractivity contribution in [2.75, 3.05) is 25.0 Å². The SMILES string of the molecule is O=C(NO)C(=O)Nc1cc(Cl)c(OC2=CC(CN3CCC(O)(c4ccccc4)CC3)=CC(O)C=C2)c(Cl)c1. The zero-order valence-electron chi connectivity index (χ0n) is 20.2. The van der Waals surface area contributed by atoms with E-state index in [1.54, 1.807) is 24.3 Å². The molecule has 200 valence electrons. The number of nitrogens with zero attached hydrogens (tertiary/aromatic N) is 1. The Balaban J connectivity index is 1.44. The molecule has 0 radical (unpaired) electrons. The van der Waals surface area contributed by atoms with Crippen LogP contribution in [0, 0.1) is 0 Å². The molecule has 1 aliphatic heterocycles. The predicted molar refractivity (Wildman–Crippen MR) is 143 cm³/mol. The molecule has 38 heavy (non-hydrogen) atoms. The molecule has 0 saturated carbocycles. The normalized spacial score (nSPS) is 19.1. The van der Waals surface area contributed by atoms with Gasteiger partial charge in [-0.15, -0.1) is 0 Å². The minimum atomic E-state index is -1.25. The van der Waals surface area contributed by atoms with Gasteiger partial charge in [0.2, 0.25) is 0 Å². The van der Waals surface area contributed by atoms with Crippen molar-refractivity contribution in [2.45, 2.75) is 24.5 Å². The molecule has 2 aliphatic rings. The van der Waals surface area contributed by atoms with E-state index in [0.29, 0.717) is 38.2 Å². The molecule has 1 atom stereocenters. The van der Waals surface area contributed by atoms with E-state index >= 15 is 0 Å². The first-order valence-corrected chi connectivity index (χ1v) is 12.6. The zero-order chi connectivity index (χ0) is 27.3. The van der Waals surface area contributed by atoms with Gasteiger partial charge in [0.15, 0.2) is 5.75 Å². The second-order valence-corrected chi connectivity index (χ2v) is 9.89. The predicted octanol–water partition coefficient (Wildman–Crippen LogP) is 3.54. The molecule has 2 aromatic carbocycles. The first-order chi connectivity index (χ1) is 18.2. The van der Waals surface area contributed by atoms with Crippen LogP contribution in [-0.2, 0) is 15.2 Å². The summed E-state index contributed by atoms with van der Waals surface area (Å²) in [5.74, 6) is -1.85. The maximum absolute atomic E-state index is 11.7. The van der Waals surface area contributed by atoms with Crippen molar-refractivity contribution in [1.29, 1.82) is 0 Å². The van der Waals surface area contributed by atoms with Gasteiger partial charge in [-0.3, -0.25) is 19.7 Å². The fourth-order valence-corrected chi connectivity index (χ4v) is 4.94. The first kappa shape index (κ1) is 27.8. The third-order valence-electron chi connectivity index (χ3n) is 6.35. The number of ether oxygens (including phenoxy) is 1. The molecule has 5 N–H and O–H groups in total. The number of nitrogens with one attached hydrogen (secondary N) is 2. The lowest BCUT2D eigenvalue weighted by Gasteiger charge is -2.38. The second kappa shape index (κ2) is 12.1. The molecule has 1 fully saturated rings. The monoisotopic (exact) mass is 559 g/mol. The lowest BCUT2D eigenvalue weighted by atomic mass is 9.84. The van der Waals surface area contributed by atoms with Crippen molar-refractivity contribution >= 4 is 40.7 Å². The highest BCUT2D eigenvalue weighted by atomic mass is 35.5. The van der Waals surface area contributed by atoms with E-state index in [4.69, 9.17) is 33.1 Å². The maximum Gasteiger partial charge on any atom is 0.332 e. The number of carbonyl (C=O) groups excluding carboxylic acids is 2. The number of amides is 2. The van der Waals surface area contributed by atoms with Crippen LogP contribution in [0.4, 0.5) is 5.69 Å². The van der Waals surface area contributed by atoms with Gasteiger partial charge in [0.05, 0.1) is 21.8 Å². The summed E-state index contributed by atoms with van der Waals surface area (Å²) in [6.07, 6.45) is 7.02. The number of rotatable bonds is 6. The molecule has 1 aliphatic carbocycles. The van der Waals surface area contributed by atoms with Crippen LogP contribution in [-0.4, -0.2) is 57.9 Å². The van der Waals surface area contributed by atoms with Crippen molar-refractivity contribution in [3.63, 3.8) is 0 Å². The van der Waals surface area contributed by atoms with E-state index in [0.717, 1.165) is 11.1 Å². The number of aliphatic hydroxyl groups is 2. The largest absolute Gasteiger partial charge is 0.454 e. The Hall–Kier alpha value is -3.18. The average molecular weight is 560 g/mol. The molecule has 11 heteroatoms. The van der Waals surface area contributed by atoms with Gasteiger partial charge in [-0.2, -0.15) is 0 Å². The molecular formula is C27H27Cl2N3O6. The van der Waals surface area contributed by atoms with Crippen LogP contribution in [0.25, 0.3) is 0 Å². The summed E-state index contributed by atoms with van der Waals surface area (Å²) in [5.41, 5.74) is 2.23. The maximum atomic E-state index is 11.7. The Morgan fingerprint density at radius 3 is 2.37 bits per heavy atom. The molecule has 0 spiro atoms. The summed E-state index contributed by atoms with van der Waals surface area (Å²) in [7, 11) is 0. The van der Waals surface area contributed by atoms with Gasteiger partial charge in [-0.05, 0) is 60.4 Å². The fraction of sp³-hybridized carbons (Fsp3) is 0.259. The van der Waals surface area contributed by atoms with Crippen LogP contribution in [0.1, 0.15) is 18.4 Å². The number of halogens is 2. The zero-order valence-corrected chi connectivity index (χ0v) is 21.7. The summed E-state index contributed by atoms with van der Waals surface area (Å²) in [6, 6.07) is 12.4. The lowest BCUT2D eigenvalue weighted by Crippen LogP contribution is -2.43. The van der Waals surface area contributed by atoms with Crippen LogP contribution in [0.15, 0.2) is 78.1 Å². The summed E-state index contributed by atoms with van der Waals surface area (Å²) in [6.45, 7) is 1.89. The number of allylic oxidation sites excluding steroid dienone is 1. The fourth-order valence-electron chi connectivity index (χ4n) is 4.37. The van der Waals surface area contributed by atoms with E-state index in [1.165, 1.54) is 17.6 Å². The summed E-state index contributed by atoms with van der Waals surface area (Å²) < 4.78 is 5.95. The number of likely N-dealkylation sites (tertiary alicyclic amines) is 1. The number of piperidine rings is 1. The lowest BCUT2D eigenvalue weighted by molar-refractivity contribution is -0.141. The number of hydrogen-bond acceptors (Lipinski definition) is 7. The minimum absolute atomic E-state index is 0.0676. The van der Waals surface area contributed by atoms with E-state index in [2.05, 4.69) is 10.2 Å². The third kappa shape index (κ3) is 6.82. The Morgan fingerprint density at radius 2 is 1.74 bits per heavy atom. The molecule has 9 nitrogen and oxygen atoms in total. The molecule has 1 heterocycles. The van der Waals surface area contributed by atoms with Gasteiger partial charge < -0.3 is 20.3 Å². The molecular weight excluding hydrogens is 533 g/mol. The van der Waals surface area contributed by atoms with Crippen LogP contribution in [0.2, 0.25) is 10.0 Å². The summed E-state index contributed by atoms with van der Waals surface area (Å²) >= 11 is 12.7. The minimum Gasteiger partial charge on any atom is -0.454 e. The van der Waals surface area contributed by atoms with Crippen LogP contribution in [0.3, 0.4) is 0 Å². The third-order valence-corrected chi connectivity index (χ3v) is 6.92. The Labute approximate surface area is 229 Å². The molecule has 2 aromatic rings. The number of hydroxylamine groups is 1. The van der Waals surface area contributed by atoms with Gasteiger partial charge in [-0.25, -0.2) is 5.48 Å². The Morgan fingerprint density at radius 1 is 1.08 bits per heavy atom. The molecule has 1 saturated heterocycles. The van der Waals surface area contributed by atoms with Gasteiger partial charge in [0.25, 0.3) is 0 Å². The van der Waals surface area contributed by atoms with Crippen LogP contribution >= 0.6 is 23.2 Å². The molecule has 0 bridgehead atoms. The smallest absolute Gasteiger partial charge is 0.332 e. The van der Waals surface area contributed by atoms with Crippen LogP contribution < -0.4 is 15.5 Å². The Bertz CT molecular complexity index is 1260. The van der Waals surface area contributed by atoms with Gasteiger partial charge in [-0.1, -0.05) is 53.5 Å². The highest BCUT2D eigenvalue weighted by molar-refractivity contribution is 6.40. The molecule has 2 amide bonds. The van der Waals surface area contributed by atoms with E-state index in [9.17, 15) is 19.8 Å². The average Bonchev–Trinajstić information content (AvgIpc) is 3.08. The van der Waals surface area contributed by atoms with Gasteiger partial charge in [0, 0.05) is 25.3 Å². The highest BCUT2D eigenvalue weighted by Crippen LogP contribution is 2.38. The molecule has 0 aromatic heterocycles. The molecule has 4 rings (SSSR count). The van der Waals surface area contributed by atoms with Crippen molar-refractivity contribution in [2.24, 2.45) is 0 Å². The summed E-state index contributed by atoms with van der Waals surface area (Å²) in [5, 5.41) is 32.4. The van der Waals surface area contributed by atoms with E-state index in [-0.39, 0.29) is 21.5 Å². The quantitative estimate of drug-likeness (QED) is 0.208. The number of aliphatic hydroxyl groups excluding tert-OH is 1.